The molecule has 0 fully saturated rings. The Morgan fingerprint density at radius 1 is 0.216 bits per heavy atom. The molecule has 1 N–H and O–H groups in total. The molecule has 0 aliphatic carbocycles. The molecule has 18 aromatic carbocycles. The highest BCUT2D eigenvalue weighted by Gasteiger charge is 2.20. The predicted octanol–water partition coefficient (Wildman–Crippen LogP) is 30.8. The van der Waals surface area contributed by atoms with E-state index in [4.69, 9.17) is 0 Å². The van der Waals surface area contributed by atoms with Crippen LogP contribution in [0.25, 0.3) is 143 Å². The fourth-order valence-corrected chi connectivity index (χ4v) is 16.5. The molecule has 0 atom stereocenters. The van der Waals surface area contributed by atoms with Gasteiger partial charge in [-0.1, -0.05) is 285 Å². The van der Waals surface area contributed by atoms with Crippen molar-refractivity contribution in [3.05, 3.63) is 415 Å². The molecule has 0 bridgehead atoms. The molecule has 0 aliphatic rings. The van der Waals surface area contributed by atoms with Crippen molar-refractivity contribution in [2.24, 2.45) is 0 Å². The highest BCUT2D eigenvalue weighted by atomic mass is 79.9. The predicted molar refractivity (Wildman–Crippen MR) is 482 cm³/mol. The Morgan fingerprint density at radius 3 is 0.928 bits per heavy atom. The largest absolute Gasteiger partial charge is 0.356 e. The lowest BCUT2D eigenvalue weighted by atomic mass is 9.92. The molecule has 2 aromatic heterocycles. The van der Waals surface area contributed by atoms with Gasteiger partial charge in [0.1, 0.15) is 0 Å². The minimum absolute atomic E-state index is 1.07. The molecule has 0 saturated heterocycles. The Labute approximate surface area is 658 Å². The van der Waals surface area contributed by atoms with E-state index < -0.39 is 0 Å². The van der Waals surface area contributed by atoms with Gasteiger partial charge in [-0.05, 0) is 271 Å². The van der Waals surface area contributed by atoms with Crippen LogP contribution in [0, 0.1) is 27.7 Å². The first-order valence-electron chi connectivity index (χ1n) is 38.4. The summed E-state index contributed by atoms with van der Waals surface area (Å²) in [6, 6.07) is 140. The maximum absolute atomic E-state index is 3.56. The summed E-state index contributed by atoms with van der Waals surface area (Å²) in [6.07, 6.45) is 0. The lowest BCUT2D eigenvalue weighted by Gasteiger charge is -2.27. The number of benzene rings is 18. The molecule has 0 spiro atoms. The SMILES string of the molecule is CC.Cc1c(C)c2cc(Br)ccc2c2ccccc12.Cc1c(C)c2cc(N(c3ccc(-c4ccccc4)cc3)c3ccc(-c4ccc5c(c4)c4ccccc4n5-c4ccccc4)cc3)ccc2c2ccccc12.c1ccc(-c2ccc(Nc3ccc(-c4ccc5c(c4)c4ccccc4n5-c4ccccc4)cc3)cc2)cc1. The summed E-state index contributed by atoms with van der Waals surface area (Å²) in [5.74, 6) is 0. The first kappa shape index (κ1) is 70.6. The number of rotatable bonds is 11. The Kier molecular flexibility index (Phi) is 19.8. The highest BCUT2D eigenvalue weighted by molar-refractivity contribution is 9.10. The van der Waals surface area contributed by atoms with Crippen molar-refractivity contribution in [1.82, 2.24) is 9.13 Å². The summed E-state index contributed by atoms with van der Waals surface area (Å²) >= 11 is 3.56. The third-order valence-electron chi connectivity index (χ3n) is 22.0. The number of nitrogens with one attached hydrogen (secondary N) is 1. The topological polar surface area (TPSA) is 25.1 Å². The summed E-state index contributed by atoms with van der Waals surface area (Å²) in [4.78, 5) is 2.39. The van der Waals surface area contributed by atoms with E-state index in [9.17, 15) is 0 Å². The maximum Gasteiger partial charge on any atom is 0.0541 e. The highest BCUT2D eigenvalue weighted by Crippen LogP contribution is 2.44. The third-order valence-corrected chi connectivity index (χ3v) is 22.5. The van der Waals surface area contributed by atoms with Crippen LogP contribution in [0.1, 0.15) is 36.1 Å². The fraction of sp³-hybridized carbons (Fsp3) is 0.0566. The average Bonchev–Trinajstić information content (AvgIpc) is 1.73. The van der Waals surface area contributed by atoms with Crippen molar-refractivity contribution < 1.29 is 0 Å². The smallest absolute Gasteiger partial charge is 0.0541 e. The quantitative estimate of drug-likeness (QED) is 0.131. The summed E-state index contributed by atoms with van der Waals surface area (Å²) in [7, 11) is 0. The normalized spacial score (nSPS) is 11.2. The average molecular weight is 1490 g/mol. The second kappa shape index (κ2) is 31.1. The molecule has 0 unspecified atom stereocenters. The van der Waals surface area contributed by atoms with Crippen LogP contribution in [0.2, 0.25) is 0 Å². The Morgan fingerprint density at radius 2 is 0.505 bits per heavy atom. The Hall–Kier alpha value is -13.3. The molecule has 0 amide bonds. The summed E-state index contributed by atoms with van der Waals surface area (Å²) in [6.45, 7) is 12.9. The number of anilines is 5. The van der Waals surface area contributed by atoms with Gasteiger partial charge in [0.15, 0.2) is 0 Å². The van der Waals surface area contributed by atoms with Gasteiger partial charge in [0.05, 0.1) is 22.1 Å². The van der Waals surface area contributed by atoms with Crippen molar-refractivity contribution in [3.8, 4) is 55.9 Å². The monoisotopic (exact) mass is 1490 g/mol. The van der Waals surface area contributed by atoms with Crippen LogP contribution in [0.5, 0.6) is 0 Å². The van der Waals surface area contributed by atoms with Crippen LogP contribution in [-0.4, -0.2) is 9.13 Å². The van der Waals surface area contributed by atoms with E-state index in [0.29, 0.717) is 0 Å². The Bertz CT molecular complexity index is 6750. The molecule has 0 radical (unpaired) electrons. The number of nitrogens with zero attached hydrogens (tertiary/aromatic N) is 3. The molecule has 111 heavy (non-hydrogen) atoms. The van der Waals surface area contributed by atoms with Crippen LogP contribution in [0.4, 0.5) is 28.4 Å². The minimum Gasteiger partial charge on any atom is -0.356 e. The second-order valence-corrected chi connectivity index (χ2v) is 29.2. The van der Waals surface area contributed by atoms with E-state index in [1.54, 1.807) is 0 Å². The number of fused-ring (bicyclic) bond motifs is 12. The first-order valence-corrected chi connectivity index (χ1v) is 39.2. The van der Waals surface area contributed by atoms with Gasteiger partial charge < -0.3 is 19.4 Å². The van der Waals surface area contributed by atoms with Crippen LogP contribution in [-0.2, 0) is 0 Å². The summed E-state index contributed by atoms with van der Waals surface area (Å²) in [5.41, 5.74) is 27.8. The number of para-hydroxylation sites is 4. The molecule has 0 saturated carbocycles. The molecule has 20 aromatic rings. The van der Waals surface area contributed by atoms with E-state index in [0.717, 1.165) is 32.9 Å². The standard InChI is InChI=1S/C52H38N2.C36H26N2.C16H13Br.C2H6/c1-35-36(2)49-34-44(30-31-47(49)46-18-10-9-17-45(35)46)53(42-26-21-38(22-27-42)37-13-5-3-6-14-37)43-28-23-39(24-29-43)40-25-32-52-50(33-40)48-19-11-12-20-51(48)54(52)41-15-7-4-8-16-41;1-3-9-26(10-4-1)27-15-20-30(21-16-27)37-31-22-17-28(18-23-31)29-19-24-36-34(25-29)33-13-7-8-14-35(33)38(36)32-11-5-2-6-12-32;1-10-11(2)16-9-12(17)7-8-15(16)14-6-4-3-5-13(10)14;1-2/h3-34H,1-2H3;1-25,37H;3-9H,1-2H3;1-2H3. The lowest BCUT2D eigenvalue weighted by Crippen LogP contribution is -2.10. The zero-order valence-electron chi connectivity index (χ0n) is 63.2. The third kappa shape index (κ3) is 13.8. The van der Waals surface area contributed by atoms with Crippen LogP contribution in [0.15, 0.2) is 393 Å². The fourth-order valence-electron chi connectivity index (χ4n) is 16.2. The van der Waals surface area contributed by atoms with Gasteiger partial charge in [0, 0.05) is 65.8 Å². The van der Waals surface area contributed by atoms with Gasteiger partial charge in [0.25, 0.3) is 0 Å². The molecule has 0 aliphatic heterocycles. The molecular weight excluding hydrogens is 1410 g/mol. The molecule has 4 nitrogen and oxygen atoms in total. The van der Waals surface area contributed by atoms with E-state index in [1.165, 1.54) is 165 Å². The van der Waals surface area contributed by atoms with Crippen molar-refractivity contribution in [1.29, 1.82) is 0 Å². The summed E-state index contributed by atoms with van der Waals surface area (Å²) < 4.78 is 5.86. The van der Waals surface area contributed by atoms with Gasteiger partial charge in [-0.2, -0.15) is 0 Å². The molecule has 20 rings (SSSR count). The molecule has 5 heteroatoms. The zero-order valence-corrected chi connectivity index (χ0v) is 64.8. The lowest BCUT2D eigenvalue weighted by molar-refractivity contribution is 1.18. The van der Waals surface area contributed by atoms with Gasteiger partial charge in [-0.25, -0.2) is 0 Å². The van der Waals surface area contributed by atoms with E-state index in [-0.39, 0.29) is 0 Å². The second-order valence-electron chi connectivity index (χ2n) is 28.3. The van der Waals surface area contributed by atoms with E-state index >= 15 is 0 Å². The molecule has 534 valence electrons. The van der Waals surface area contributed by atoms with Gasteiger partial charge in [-0.15, -0.1) is 0 Å². The number of hydrogen-bond donors (Lipinski definition) is 1. The number of hydrogen-bond acceptors (Lipinski definition) is 2. The maximum atomic E-state index is 3.56. The zero-order chi connectivity index (χ0) is 75.5. The van der Waals surface area contributed by atoms with Crippen LogP contribution < -0.4 is 10.2 Å². The van der Waals surface area contributed by atoms with Gasteiger partial charge in [-0.3, -0.25) is 0 Å². The Balaban J connectivity index is 0.000000135. The number of aromatic nitrogens is 2. The first-order chi connectivity index (χ1) is 54.6. The van der Waals surface area contributed by atoms with Crippen LogP contribution in [0.3, 0.4) is 0 Å². The van der Waals surface area contributed by atoms with Crippen LogP contribution >= 0.6 is 15.9 Å². The van der Waals surface area contributed by atoms with Crippen molar-refractivity contribution in [2.45, 2.75) is 41.5 Å². The van der Waals surface area contributed by atoms with E-state index in [1.807, 2.05) is 19.9 Å². The van der Waals surface area contributed by atoms with E-state index in [2.05, 4.69) is 445 Å². The minimum atomic E-state index is 1.07. The number of aryl methyl sites for hydroxylation is 4. The van der Waals surface area contributed by atoms with Gasteiger partial charge >= 0.3 is 0 Å². The van der Waals surface area contributed by atoms with Gasteiger partial charge in [0.2, 0.25) is 0 Å². The summed E-state index contributed by atoms with van der Waals surface area (Å²) in [5, 5.41) is 19.2. The van der Waals surface area contributed by atoms with Crippen molar-refractivity contribution in [2.75, 3.05) is 10.2 Å². The molecular formula is C106H83BrN4. The number of halogens is 1. The van der Waals surface area contributed by atoms with Crippen molar-refractivity contribution >= 4 is 131 Å². The van der Waals surface area contributed by atoms with Crippen molar-refractivity contribution in [3.63, 3.8) is 0 Å². The molecule has 2 heterocycles.